The lowest BCUT2D eigenvalue weighted by atomic mass is 10.1. The first kappa shape index (κ1) is 14.4. The molecule has 4 nitrogen and oxygen atoms in total. The zero-order valence-corrected chi connectivity index (χ0v) is 13.6. The van der Waals surface area contributed by atoms with E-state index in [1.165, 1.54) is 29.1 Å². The van der Waals surface area contributed by atoms with Crippen LogP contribution in [0.3, 0.4) is 0 Å². The molecule has 4 N–H and O–H groups in total. The number of rotatable bonds is 6. The largest absolute Gasteiger partial charge is 0.397 e. The third kappa shape index (κ3) is 3.06. The average Bonchev–Trinajstić information content (AvgIpc) is 3.07. The Hall–Kier alpha value is -1.53. The molecule has 3 rings (SSSR count). The van der Waals surface area contributed by atoms with Crippen molar-refractivity contribution in [2.24, 2.45) is 0 Å². The summed E-state index contributed by atoms with van der Waals surface area (Å²) in [5, 5.41) is 9.31. The van der Waals surface area contributed by atoms with E-state index in [4.69, 9.17) is 5.73 Å². The van der Waals surface area contributed by atoms with Crippen LogP contribution in [0.25, 0.3) is 0 Å². The zero-order chi connectivity index (χ0) is 14.8. The molecule has 0 atom stereocenters. The predicted molar refractivity (Wildman–Crippen MR) is 90.6 cm³/mol. The summed E-state index contributed by atoms with van der Waals surface area (Å²) in [6.45, 7) is 0.868. The molecule has 2 aromatic rings. The van der Waals surface area contributed by atoms with Gasteiger partial charge in [0.1, 0.15) is 4.88 Å². The number of anilines is 2. The van der Waals surface area contributed by atoms with E-state index in [-0.39, 0.29) is 5.91 Å². The van der Waals surface area contributed by atoms with Crippen LogP contribution in [0.4, 0.5) is 10.7 Å². The molecule has 0 aliphatic heterocycles. The highest BCUT2D eigenvalue weighted by molar-refractivity contribution is 7.18. The van der Waals surface area contributed by atoms with Crippen molar-refractivity contribution in [3.8, 4) is 0 Å². The highest BCUT2D eigenvalue weighted by Crippen LogP contribution is 2.50. The molecule has 112 valence electrons. The van der Waals surface area contributed by atoms with Gasteiger partial charge in [0.25, 0.3) is 5.91 Å². The van der Waals surface area contributed by atoms with Crippen molar-refractivity contribution in [1.82, 2.24) is 5.32 Å². The first-order chi connectivity index (χ1) is 10.2. The molecule has 1 fully saturated rings. The smallest absolute Gasteiger partial charge is 0.263 e. The van der Waals surface area contributed by atoms with Crippen molar-refractivity contribution in [3.05, 3.63) is 32.8 Å². The van der Waals surface area contributed by atoms with Gasteiger partial charge in [0.05, 0.1) is 10.7 Å². The normalized spacial score (nSPS) is 14.1. The highest BCUT2D eigenvalue weighted by Gasteiger charge is 2.32. The summed E-state index contributed by atoms with van der Waals surface area (Å²) < 4.78 is 0. The number of hydrogen-bond donors (Lipinski definition) is 3. The van der Waals surface area contributed by atoms with Crippen LogP contribution >= 0.6 is 22.7 Å². The van der Waals surface area contributed by atoms with Gasteiger partial charge in [0.2, 0.25) is 0 Å². The Bertz CT molecular complexity index is 630. The fourth-order valence-corrected chi connectivity index (χ4v) is 4.29. The SMILES string of the molecule is CNC(=O)c1sc(NCCc2cccs2)c(C2CC2)c1N. The second-order valence-electron chi connectivity index (χ2n) is 5.20. The van der Waals surface area contributed by atoms with Crippen LogP contribution in [0.2, 0.25) is 0 Å². The minimum absolute atomic E-state index is 0.0919. The number of carbonyl (C=O) groups is 1. The van der Waals surface area contributed by atoms with Gasteiger partial charge >= 0.3 is 0 Å². The van der Waals surface area contributed by atoms with E-state index in [0.717, 1.165) is 23.5 Å². The van der Waals surface area contributed by atoms with Gasteiger partial charge in [-0.15, -0.1) is 22.7 Å². The van der Waals surface area contributed by atoms with Gasteiger partial charge in [-0.05, 0) is 36.6 Å². The van der Waals surface area contributed by atoms with E-state index >= 15 is 0 Å². The van der Waals surface area contributed by atoms with Gasteiger partial charge in [0.15, 0.2) is 0 Å². The van der Waals surface area contributed by atoms with Crippen LogP contribution in [-0.4, -0.2) is 19.5 Å². The molecule has 0 spiro atoms. The fraction of sp³-hybridized carbons (Fsp3) is 0.400. The first-order valence-electron chi connectivity index (χ1n) is 7.11. The van der Waals surface area contributed by atoms with Gasteiger partial charge < -0.3 is 16.4 Å². The fourth-order valence-electron chi connectivity index (χ4n) is 2.40. The Labute approximate surface area is 132 Å². The zero-order valence-electron chi connectivity index (χ0n) is 11.9. The van der Waals surface area contributed by atoms with E-state index in [9.17, 15) is 4.79 Å². The Balaban J connectivity index is 1.75. The summed E-state index contributed by atoms with van der Waals surface area (Å²) in [6.07, 6.45) is 3.34. The van der Waals surface area contributed by atoms with Crippen molar-refractivity contribution in [3.63, 3.8) is 0 Å². The number of amides is 1. The van der Waals surface area contributed by atoms with Gasteiger partial charge in [-0.25, -0.2) is 0 Å². The summed E-state index contributed by atoms with van der Waals surface area (Å²) >= 11 is 3.25. The van der Waals surface area contributed by atoms with E-state index in [1.54, 1.807) is 18.4 Å². The lowest BCUT2D eigenvalue weighted by Gasteiger charge is -2.06. The Kier molecular flexibility index (Phi) is 4.17. The summed E-state index contributed by atoms with van der Waals surface area (Å²) in [4.78, 5) is 13.9. The molecule has 1 amide bonds. The molecular formula is C15H19N3OS2. The van der Waals surface area contributed by atoms with Crippen molar-refractivity contribution < 1.29 is 4.79 Å². The molecule has 0 saturated heterocycles. The molecule has 1 saturated carbocycles. The van der Waals surface area contributed by atoms with Crippen molar-refractivity contribution in [2.45, 2.75) is 25.2 Å². The summed E-state index contributed by atoms with van der Waals surface area (Å²) in [5.74, 6) is 0.439. The number of hydrogen-bond acceptors (Lipinski definition) is 5. The van der Waals surface area contributed by atoms with Crippen LogP contribution < -0.4 is 16.4 Å². The second kappa shape index (κ2) is 6.07. The number of nitrogen functional groups attached to an aromatic ring is 1. The van der Waals surface area contributed by atoms with Gasteiger partial charge in [-0.2, -0.15) is 0 Å². The van der Waals surface area contributed by atoms with Crippen molar-refractivity contribution in [1.29, 1.82) is 0 Å². The van der Waals surface area contributed by atoms with Crippen molar-refractivity contribution in [2.75, 3.05) is 24.6 Å². The summed E-state index contributed by atoms with van der Waals surface area (Å²) in [5.41, 5.74) is 8.02. The molecule has 0 bridgehead atoms. The second-order valence-corrected chi connectivity index (χ2v) is 7.25. The maximum atomic E-state index is 11.9. The number of nitrogens with one attached hydrogen (secondary N) is 2. The minimum atomic E-state index is -0.0919. The maximum Gasteiger partial charge on any atom is 0.263 e. The highest BCUT2D eigenvalue weighted by atomic mass is 32.1. The number of carbonyl (C=O) groups excluding carboxylic acids is 1. The number of thiophene rings is 2. The third-order valence-corrected chi connectivity index (χ3v) is 5.75. The molecule has 0 aromatic carbocycles. The minimum Gasteiger partial charge on any atom is -0.397 e. The van der Waals surface area contributed by atoms with E-state index < -0.39 is 0 Å². The lowest BCUT2D eigenvalue weighted by Crippen LogP contribution is -2.17. The predicted octanol–water partition coefficient (Wildman–Crippen LogP) is 3.28. The van der Waals surface area contributed by atoms with Crippen molar-refractivity contribution >= 4 is 39.3 Å². The van der Waals surface area contributed by atoms with Crippen LogP contribution in [0, 0.1) is 0 Å². The first-order valence-corrected chi connectivity index (χ1v) is 8.80. The molecule has 0 unspecified atom stereocenters. The van der Waals surface area contributed by atoms with Crippen LogP contribution in [0.15, 0.2) is 17.5 Å². The molecule has 0 radical (unpaired) electrons. The molecular weight excluding hydrogens is 302 g/mol. The maximum absolute atomic E-state index is 11.9. The monoisotopic (exact) mass is 321 g/mol. The summed E-state index contributed by atoms with van der Waals surface area (Å²) in [7, 11) is 1.64. The van der Waals surface area contributed by atoms with Crippen LogP contribution in [-0.2, 0) is 6.42 Å². The standard InChI is InChI=1S/C15H19N3OS2/c1-17-14(19)13-12(16)11(9-4-5-9)15(21-13)18-7-6-10-3-2-8-20-10/h2-3,8-9,18H,4-7,16H2,1H3,(H,17,19). The lowest BCUT2D eigenvalue weighted by molar-refractivity contribution is 0.0968. The summed E-state index contributed by atoms with van der Waals surface area (Å²) in [6, 6.07) is 4.22. The molecule has 6 heteroatoms. The van der Waals surface area contributed by atoms with Gasteiger partial charge in [-0.1, -0.05) is 6.07 Å². The average molecular weight is 321 g/mol. The third-order valence-electron chi connectivity index (χ3n) is 3.64. The van der Waals surface area contributed by atoms with E-state index in [0.29, 0.717) is 16.5 Å². The topological polar surface area (TPSA) is 67.2 Å². The van der Waals surface area contributed by atoms with E-state index in [1.807, 2.05) is 0 Å². The molecule has 2 aromatic heterocycles. The van der Waals surface area contributed by atoms with Gasteiger partial charge in [0, 0.05) is 24.0 Å². The molecule has 2 heterocycles. The van der Waals surface area contributed by atoms with E-state index in [2.05, 4.69) is 28.1 Å². The Morgan fingerprint density at radius 2 is 2.29 bits per heavy atom. The molecule has 21 heavy (non-hydrogen) atoms. The van der Waals surface area contributed by atoms with Crippen LogP contribution in [0.1, 0.15) is 38.9 Å². The molecule has 1 aliphatic carbocycles. The molecule has 1 aliphatic rings. The Morgan fingerprint density at radius 3 is 2.90 bits per heavy atom. The van der Waals surface area contributed by atoms with Crippen LogP contribution in [0.5, 0.6) is 0 Å². The quantitative estimate of drug-likeness (QED) is 0.765. The Morgan fingerprint density at radius 1 is 1.48 bits per heavy atom. The number of nitrogens with two attached hydrogens (primary N) is 1. The van der Waals surface area contributed by atoms with Gasteiger partial charge in [-0.3, -0.25) is 4.79 Å².